The first kappa shape index (κ1) is 16.5. The molecule has 0 spiro atoms. The maximum atomic E-state index is 11.6. The van der Waals surface area contributed by atoms with Gasteiger partial charge in [0.05, 0.1) is 14.2 Å². The van der Waals surface area contributed by atoms with Crippen molar-refractivity contribution in [3.63, 3.8) is 0 Å². The Balaban J connectivity index is 2.94. The van der Waals surface area contributed by atoms with Crippen molar-refractivity contribution in [1.82, 2.24) is 0 Å². The monoisotopic (exact) mass is 278 g/mol. The molecular weight excluding hydrogens is 252 g/mol. The van der Waals surface area contributed by atoms with E-state index in [1.54, 1.807) is 14.2 Å². The highest BCUT2D eigenvalue weighted by Gasteiger charge is 2.26. The Morgan fingerprint density at radius 3 is 2.10 bits per heavy atom. The molecule has 0 N–H and O–H groups in total. The molecule has 0 bridgehead atoms. The number of carbonyl (C=O) groups is 1. The van der Waals surface area contributed by atoms with Crippen LogP contribution in [0, 0.1) is 0 Å². The quantitative estimate of drug-likeness (QED) is 0.503. The van der Waals surface area contributed by atoms with Crippen LogP contribution in [-0.2, 0) is 10.2 Å². The largest absolute Gasteiger partial charge is 0.497 e. The second kappa shape index (κ2) is 7.93. The molecule has 1 aromatic rings. The van der Waals surface area contributed by atoms with Crippen molar-refractivity contribution in [3.8, 4) is 11.5 Å². The van der Waals surface area contributed by atoms with Gasteiger partial charge in [-0.2, -0.15) is 0 Å². The lowest BCUT2D eigenvalue weighted by atomic mass is 9.79. The average molecular weight is 278 g/mol. The molecule has 1 rings (SSSR count). The van der Waals surface area contributed by atoms with E-state index in [1.807, 2.05) is 25.1 Å². The van der Waals surface area contributed by atoms with Crippen molar-refractivity contribution in [2.24, 2.45) is 0 Å². The minimum Gasteiger partial charge on any atom is -0.497 e. The topological polar surface area (TPSA) is 35.5 Å². The van der Waals surface area contributed by atoms with Crippen LogP contribution in [0.4, 0.5) is 0 Å². The molecule has 0 aliphatic heterocycles. The van der Waals surface area contributed by atoms with Gasteiger partial charge in [-0.1, -0.05) is 32.6 Å². The van der Waals surface area contributed by atoms with E-state index in [9.17, 15) is 4.79 Å². The molecule has 0 saturated carbocycles. The number of unbranched alkanes of at least 4 members (excludes halogenated alkanes) is 3. The predicted octanol–water partition coefficient (Wildman–Crippen LogP) is 4.13. The second-order valence-electron chi connectivity index (χ2n) is 5.45. The van der Waals surface area contributed by atoms with E-state index in [0.29, 0.717) is 0 Å². The van der Waals surface area contributed by atoms with Gasteiger partial charge >= 0.3 is 0 Å². The van der Waals surface area contributed by atoms with E-state index in [-0.39, 0.29) is 0 Å². The lowest BCUT2D eigenvalue weighted by molar-refractivity contribution is -0.112. The molecule has 0 unspecified atom stereocenters. The number of carbonyl (C=O) groups excluding carboxylic acids is 1. The molecule has 0 fully saturated rings. The number of hydrogen-bond acceptors (Lipinski definition) is 3. The Morgan fingerprint density at radius 1 is 1.05 bits per heavy atom. The molecule has 0 heterocycles. The SMILES string of the molecule is CCCCCC[C@](C)(C=O)c1cc(OC)cc(OC)c1. The van der Waals surface area contributed by atoms with Crippen molar-refractivity contribution in [2.75, 3.05) is 14.2 Å². The number of ether oxygens (including phenoxy) is 2. The first-order valence-electron chi connectivity index (χ1n) is 7.29. The zero-order valence-corrected chi connectivity index (χ0v) is 13.1. The van der Waals surface area contributed by atoms with Gasteiger partial charge in [0.2, 0.25) is 0 Å². The highest BCUT2D eigenvalue weighted by Crippen LogP contribution is 2.33. The fourth-order valence-corrected chi connectivity index (χ4v) is 2.33. The first-order valence-corrected chi connectivity index (χ1v) is 7.29. The normalized spacial score (nSPS) is 13.6. The fraction of sp³-hybridized carbons (Fsp3) is 0.588. The summed E-state index contributed by atoms with van der Waals surface area (Å²) in [7, 11) is 3.25. The van der Waals surface area contributed by atoms with Gasteiger partial charge in [-0.15, -0.1) is 0 Å². The molecule has 0 aliphatic rings. The standard InChI is InChI=1S/C17H26O3/c1-5-6-7-8-9-17(2,13-18)14-10-15(19-3)12-16(11-14)20-4/h10-13H,5-9H2,1-4H3/t17-/m1/s1. The van der Waals surface area contributed by atoms with Gasteiger partial charge in [0.25, 0.3) is 0 Å². The fourth-order valence-electron chi connectivity index (χ4n) is 2.33. The van der Waals surface area contributed by atoms with E-state index in [1.165, 1.54) is 19.3 Å². The molecule has 0 aromatic heterocycles. The Labute approximate surface area is 122 Å². The Morgan fingerprint density at radius 2 is 1.65 bits per heavy atom. The number of methoxy groups -OCH3 is 2. The molecule has 3 heteroatoms. The minimum atomic E-state index is -0.477. The lowest BCUT2D eigenvalue weighted by Gasteiger charge is -2.24. The van der Waals surface area contributed by atoms with E-state index < -0.39 is 5.41 Å². The average Bonchev–Trinajstić information content (AvgIpc) is 2.50. The van der Waals surface area contributed by atoms with E-state index in [2.05, 4.69) is 6.92 Å². The molecule has 0 aliphatic carbocycles. The van der Waals surface area contributed by atoms with Crippen molar-refractivity contribution in [1.29, 1.82) is 0 Å². The summed E-state index contributed by atoms with van der Waals surface area (Å²) < 4.78 is 10.6. The lowest BCUT2D eigenvalue weighted by Crippen LogP contribution is -2.24. The van der Waals surface area contributed by atoms with Crippen molar-refractivity contribution >= 4 is 6.29 Å². The highest BCUT2D eigenvalue weighted by atomic mass is 16.5. The van der Waals surface area contributed by atoms with Crippen LogP contribution in [-0.4, -0.2) is 20.5 Å². The molecule has 0 radical (unpaired) electrons. The summed E-state index contributed by atoms with van der Waals surface area (Å²) in [6, 6.07) is 5.68. The molecular formula is C17H26O3. The van der Waals surface area contributed by atoms with Crippen LogP contribution in [0.5, 0.6) is 11.5 Å². The van der Waals surface area contributed by atoms with Gasteiger partial charge in [0.1, 0.15) is 17.8 Å². The van der Waals surface area contributed by atoms with Gasteiger partial charge in [-0.05, 0) is 31.0 Å². The number of rotatable bonds is 9. The van der Waals surface area contributed by atoms with Crippen LogP contribution in [0.3, 0.4) is 0 Å². The Kier molecular flexibility index (Phi) is 6.56. The van der Waals surface area contributed by atoms with E-state index in [4.69, 9.17) is 9.47 Å². The molecule has 3 nitrogen and oxygen atoms in total. The van der Waals surface area contributed by atoms with Gasteiger partial charge in [0, 0.05) is 11.5 Å². The van der Waals surface area contributed by atoms with Crippen LogP contribution in [0.1, 0.15) is 51.5 Å². The molecule has 1 atom stereocenters. The summed E-state index contributed by atoms with van der Waals surface area (Å²) in [5.41, 5.74) is 0.482. The third-order valence-corrected chi connectivity index (χ3v) is 3.82. The van der Waals surface area contributed by atoms with E-state index >= 15 is 0 Å². The minimum absolute atomic E-state index is 0.477. The first-order chi connectivity index (χ1) is 9.59. The summed E-state index contributed by atoms with van der Waals surface area (Å²) in [6.07, 6.45) is 6.55. The summed E-state index contributed by atoms with van der Waals surface area (Å²) in [6.45, 7) is 4.17. The zero-order chi connectivity index (χ0) is 15.0. The maximum absolute atomic E-state index is 11.6. The van der Waals surface area contributed by atoms with Crippen LogP contribution in [0.25, 0.3) is 0 Å². The molecule has 0 saturated heterocycles. The predicted molar refractivity (Wildman–Crippen MR) is 81.7 cm³/mol. The molecule has 0 amide bonds. The number of aldehydes is 1. The smallest absolute Gasteiger partial charge is 0.130 e. The van der Waals surface area contributed by atoms with Crippen molar-refractivity contribution < 1.29 is 14.3 Å². The summed E-state index contributed by atoms with van der Waals surface area (Å²) in [4.78, 5) is 11.6. The highest BCUT2D eigenvalue weighted by molar-refractivity contribution is 5.69. The molecule has 1 aromatic carbocycles. The number of hydrogen-bond donors (Lipinski definition) is 0. The van der Waals surface area contributed by atoms with Gasteiger partial charge < -0.3 is 14.3 Å². The van der Waals surface area contributed by atoms with Crippen LogP contribution in [0.2, 0.25) is 0 Å². The van der Waals surface area contributed by atoms with Gasteiger partial charge in [-0.25, -0.2) is 0 Å². The second-order valence-corrected chi connectivity index (χ2v) is 5.45. The summed E-state index contributed by atoms with van der Waals surface area (Å²) in [5.74, 6) is 1.45. The molecule has 112 valence electrons. The third-order valence-electron chi connectivity index (χ3n) is 3.82. The Bertz CT molecular complexity index is 406. The maximum Gasteiger partial charge on any atom is 0.130 e. The third kappa shape index (κ3) is 4.26. The molecule has 20 heavy (non-hydrogen) atoms. The zero-order valence-electron chi connectivity index (χ0n) is 13.1. The number of benzene rings is 1. The van der Waals surface area contributed by atoms with Crippen molar-refractivity contribution in [3.05, 3.63) is 23.8 Å². The summed E-state index contributed by atoms with van der Waals surface area (Å²) >= 11 is 0. The van der Waals surface area contributed by atoms with E-state index in [0.717, 1.165) is 36.2 Å². The van der Waals surface area contributed by atoms with Crippen LogP contribution < -0.4 is 9.47 Å². The van der Waals surface area contributed by atoms with Crippen molar-refractivity contribution in [2.45, 2.75) is 51.4 Å². The van der Waals surface area contributed by atoms with Crippen LogP contribution in [0.15, 0.2) is 18.2 Å². The van der Waals surface area contributed by atoms with Gasteiger partial charge in [-0.3, -0.25) is 0 Å². The summed E-state index contributed by atoms with van der Waals surface area (Å²) in [5, 5.41) is 0. The van der Waals surface area contributed by atoms with Crippen LogP contribution >= 0.6 is 0 Å². The Hall–Kier alpha value is -1.51. The van der Waals surface area contributed by atoms with Gasteiger partial charge in [0.15, 0.2) is 0 Å².